The van der Waals surface area contributed by atoms with E-state index in [0.717, 1.165) is 73.3 Å². The van der Waals surface area contributed by atoms with E-state index < -0.39 is 5.60 Å². The number of nitrogens with zero attached hydrogens (tertiary/aromatic N) is 2. The maximum atomic E-state index is 7.66. The number of para-hydroxylation sites is 4. The van der Waals surface area contributed by atoms with Gasteiger partial charge in [0.05, 0.1) is 0 Å². The Hall–Kier alpha value is -7.62. The molecule has 3 heteroatoms. The monoisotopic (exact) mass is 744 g/mol. The van der Waals surface area contributed by atoms with Crippen molar-refractivity contribution in [1.82, 2.24) is 0 Å². The fourth-order valence-electron chi connectivity index (χ4n) is 8.37. The van der Waals surface area contributed by atoms with Crippen molar-refractivity contribution in [2.24, 2.45) is 0 Å². The molecule has 0 fully saturated rings. The summed E-state index contributed by atoms with van der Waals surface area (Å²) in [5, 5.41) is 0. The van der Waals surface area contributed by atoms with Crippen LogP contribution in [-0.2, 0) is 5.60 Å². The van der Waals surface area contributed by atoms with Gasteiger partial charge in [0.15, 0.2) is 5.60 Å². The van der Waals surface area contributed by atoms with E-state index in [2.05, 4.69) is 252 Å². The van der Waals surface area contributed by atoms with E-state index in [-0.39, 0.29) is 0 Å². The lowest BCUT2D eigenvalue weighted by Crippen LogP contribution is -2.38. The third-order valence-electron chi connectivity index (χ3n) is 11.1. The van der Waals surface area contributed by atoms with Gasteiger partial charge in [-0.05, 0) is 89.5 Å². The average molecular weight is 745 g/mol. The molecule has 1 aliphatic heterocycles. The average Bonchev–Trinajstić information content (AvgIpc) is 3.31. The number of hydrogen-bond donors (Lipinski definition) is 0. The Bertz CT molecular complexity index is 2700. The number of benzene rings is 9. The molecule has 9 aromatic carbocycles. The summed E-state index contributed by atoms with van der Waals surface area (Å²) in [5.41, 5.74) is 13.2. The summed E-state index contributed by atoms with van der Waals surface area (Å²) in [6.07, 6.45) is 0. The van der Waals surface area contributed by atoms with Gasteiger partial charge in [0.25, 0.3) is 0 Å². The van der Waals surface area contributed by atoms with E-state index in [4.69, 9.17) is 4.74 Å². The Morgan fingerprint density at radius 2 is 0.672 bits per heavy atom. The summed E-state index contributed by atoms with van der Waals surface area (Å²) in [4.78, 5) is 4.58. The molecule has 1 heterocycles. The number of rotatable bonds is 9. The zero-order valence-corrected chi connectivity index (χ0v) is 31.9. The number of anilines is 6. The van der Waals surface area contributed by atoms with Crippen molar-refractivity contribution in [1.29, 1.82) is 0 Å². The van der Waals surface area contributed by atoms with Crippen LogP contribution in [0.3, 0.4) is 0 Å². The van der Waals surface area contributed by atoms with Gasteiger partial charge >= 0.3 is 0 Å². The van der Waals surface area contributed by atoms with Crippen LogP contribution in [0.4, 0.5) is 34.1 Å². The van der Waals surface area contributed by atoms with Gasteiger partial charge in [-0.25, -0.2) is 0 Å². The zero-order valence-electron chi connectivity index (χ0n) is 31.9. The van der Waals surface area contributed by atoms with Crippen LogP contribution in [0.1, 0.15) is 16.7 Å². The predicted octanol–water partition coefficient (Wildman–Crippen LogP) is 14.6. The summed E-state index contributed by atoms with van der Waals surface area (Å²) in [6.45, 7) is 0. The van der Waals surface area contributed by atoms with Crippen LogP contribution >= 0.6 is 0 Å². The van der Waals surface area contributed by atoms with Crippen LogP contribution in [0.5, 0.6) is 5.75 Å². The topological polar surface area (TPSA) is 15.7 Å². The molecule has 0 radical (unpaired) electrons. The second-order valence-electron chi connectivity index (χ2n) is 14.5. The second kappa shape index (κ2) is 15.1. The van der Waals surface area contributed by atoms with Crippen LogP contribution in [0, 0.1) is 0 Å². The third kappa shape index (κ3) is 6.29. The predicted molar refractivity (Wildman–Crippen MR) is 240 cm³/mol. The molecule has 276 valence electrons. The van der Waals surface area contributed by atoms with Gasteiger partial charge in [-0.3, -0.25) is 0 Å². The van der Waals surface area contributed by atoms with Crippen molar-refractivity contribution in [3.05, 3.63) is 259 Å². The summed E-state index contributed by atoms with van der Waals surface area (Å²) >= 11 is 0. The molecule has 1 unspecified atom stereocenters. The summed E-state index contributed by atoms with van der Waals surface area (Å²) < 4.78 is 7.66. The van der Waals surface area contributed by atoms with Crippen molar-refractivity contribution < 1.29 is 4.74 Å². The number of ether oxygens (including phenoxy) is 1. The van der Waals surface area contributed by atoms with Crippen LogP contribution < -0.4 is 14.5 Å². The van der Waals surface area contributed by atoms with Crippen molar-refractivity contribution >= 4 is 34.1 Å². The standard InChI is InChI=1S/C55H40N2O/c1-6-18-41(19-7-1)42-30-32-43(33-31-42)55(44-34-36-49(37-35-44)56(45-20-8-2-9-21-45)46-22-10-3-11-23-46)53-29-17-16-28-51(53)52-39-38-50(40-54(52)58-55)57(47-24-12-4-13-25-47)48-26-14-5-15-27-48/h1-40H. The first-order valence-corrected chi connectivity index (χ1v) is 19.8. The highest BCUT2D eigenvalue weighted by atomic mass is 16.5. The molecule has 10 rings (SSSR count). The molecule has 0 saturated heterocycles. The Labute approximate surface area is 340 Å². The van der Waals surface area contributed by atoms with Crippen molar-refractivity contribution in [3.8, 4) is 28.0 Å². The highest BCUT2D eigenvalue weighted by Crippen LogP contribution is 2.53. The SMILES string of the molecule is c1ccc(-c2ccc(C3(c4ccc(N(c5ccccc5)c5ccccc5)cc4)Oc4cc(N(c5ccccc5)c5ccccc5)ccc4-c4ccccc43)cc2)cc1. The summed E-state index contributed by atoms with van der Waals surface area (Å²) in [5.74, 6) is 0.819. The third-order valence-corrected chi connectivity index (χ3v) is 11.1. The van der Waals surface area contributed by atoms with E-state index in [1.807, 2.05) is 0 Å². The lowest BCUT2D eigenvalue weighted by molar-refractivity contribution is 0.152. The van der Waals surface area contributed by atoms with Crippen LogP contribution in [0.2, 0.25) is 0 Å². The van der Waals surface area contributed by atoms with E-state index in [9.17, 15) is 0 Å². The summed E-state index contributed by atoms with van der Waals surface area (Å²) in [6, 6.07) is 85.9. The van der Waals surface area contributed by atoms with Gasteiger partial charge in [0.2, 0.25) is 0 Å². The molecular weight excluding hydrogens is 705 g/mol. The van der Waals surface area contributed by atoms with E-state index in [1.54, 1.807) is 0 Å². The highest BCUT2D eigenvalue weighted by Gasteiger charge is 2.44. The molecule has 0 N–H and O–H groups in total. The maximum Gasteiger partial charge on any atom is 0.185 e. The Balaban J connectivity index is 1.16. The van der Waals surface area contributed by atoms with Crippen molar-refractivity contribution in [3.63, 3.8) is 0 Å². The molecule has 58 heavy (non-hydrogen) atoms. The summed E-state index contributed by atoms with van der Waals surface area (Å²) in [7, 11) is 0. The van der Waals surface area contributed by atoms with Crippen molar-refractivity contribution in [2.75, 3.05) is 9.80 Å². The molecule has 0 saturated carbocycles. The van der Waals surface area contributed by atoms with Gasteiger partial charge in [-0.2, -0.15) is 0 Å². The van der Waals surface area contributed by atoms with Crippen LogP contribution in [0.15, 0.2) is 243 Å². The zero-order chi connectivity index (χ0) is 38.7. The van der Waals surface area contributed by atoms with Gasteiger partial charge < -0.3 is 14.5 Å². The Morgan fingerprint density at radius 3 is 1.19 bits per heavy atom. The molecular formula is C55H40N2O. The smallest absolute Gasteiger partial charge is 0.185 e. The molecule has 0 spiro atoms. The molecule has 0 aromatic heterocycles. The minimum atomic E-state index is -0.968. The van der Waals surface area contributed by atoms with E-state index >= 15 is 0 Å². The molecule has 3 nitrogen and oxygen atoms in total. The fraction of sp³-hybridized carbons (Fsp3) is 0.0182. The highest BCUT2D eigenvalue weighted by molar-refractivity contribution is 5.85. The first-order chi connectivity index (χ1) is 28.8. The lowest BCUT2D eigenvalue weighted by Gasteiger charge is -2.42. The molecule has 0 amide bonds. The van der Waals surface area contributed by atoms with Gasteiger partial charge in [0.1, 0.15) is 5.75 Å². The van der Waals surface area contributed by atoms with Gasteiger partial charge in [-0.1, -0.05) is 164 Å². The molecule has 1 atom stereocenters. The van der Waals surface area contributed by atoms with Crippen LogP contribution in [0.25, 0.3) is 22.3 Å². The molecule has 1 aliphatic rings. The van der Waals surface area contributed by atoms with E-state index in [0.29, 0.717) is 0 Å². The molecule has 0 bridgehead atoms. The van der Waals surface area contributed by atoms with Crippen LogP contribution in [-0.4, -0.2) is 0 Å². The van der Waals surface area contributed by atoms with Gasteiger partial charge in [-0.15, -0.1) is 0 Å². The molecule has 0 aliphatic carbocycles. The Morgan fingerprint density at radius 1 is 0.293 bits per heavy atom. The Kier molecular flexibility index (Phi) is 9.09. The normalized spacial score (nSPS) is 14.1. The maximum absolute atomic E-state index is 7.66. The minimum absolute atomic E-state index is 0.819. The largest absolute Gasteiger partial charge is 0.472 e. The first-order valence-electron chi connectivity index (χ1n) is 19.8. The second-order valence-corrected chi connectivity index (χ2v) is 14.5. The van der Waals surface area contributed by atoms with Gasteiger partial charge in [0, 0.05) is 62.4 Å². The number of fused-ring (bicyclic) bond motifs is 3. The molecule has 9 aromatic rings. The lowest BCUT2D eigenvalue weighted by atomic mass is 9.75. The van der Waals surface area contributed by atoms with E-state index in [1.165, 1.54) is 5.56 Å². The first kappa shape index (κ1) is 34.8. The van der Waals surface area contributed by atoms with Crippen molar-refractivity contribution in [2.45, 2.75) is 5.60 Å². The minimum Gasteiger partial charge on any atom is -0.472 e. The number of hydrogen-bond acceptors (Lipinski definition) is 3. The quantitative estimate of drug-likeness (QED) is 0.146. The fourth-order valence-corrected chi connectivity index (χ4v) is 8.37.